The maximum atomic E-state index is 11.3. The Bertz CT molecular complexity index is 645. The maximum absolute atomic E-state index is 11.3. The van der Waals surface area contributed by atoms with Crippen molar-refractivity contribution in [3.8, 4) is 16.9 Å². The Labute approximate surface area is 121 Å². The Morgan fingerprint density at radius 3 is 2.45 bits per heavy atom. The molecule has 0 heterocycles. The van der Waals surface area contributed by atoms with E-state index in [4.69, 9.17) is 16.3 Å². The van der Waals surface area contributed by atoms with Gasteiger partial charge in [-0.1, -0.05) is 23.7 Å². The molecule has 0 saturated heterocycles. The average molecular weight is 289 g/mol. The van der Waals surface area contributed by atoms with E-state index in [1.165, 1.54) is 6.07 Å². The molecule has 1 N–H and O–H groups in total. The highest BCUT2D eigenvalue weighted by atomic mass is 35.5. The highest BCUT2D eigenvalue weighted by molar-refractivity contribution is 6.31. The Morgan fingerprint density at radius 1 is 1.15 bits per heavy atom. The van der Waals surface area contributed by atoms with Crippen molar-refractivity contribution >= 4 is 17.6 Å². The maximum Gasteiger partial charge on any atom is 0.336 e. The Morgan fingerprint density at radius 2 is 1.85 bits per heavy atom. The molecular formula is C16H13ClO3. The molecule has 102 valence electrons. The molecule has 4 heteroatoms. The minimum Gasteiger partial charge on any atom is -0.490 e. The van der Waals surface area contributed by atoms with Gasteiger partial charge in [0.05, 0.1) is 11.7 Å². The van der Waals surface area contributed by atoms with Crippen LogP contribution in [0.5, 0.6) is 5.75 Å². The monoisotopic (exact) mass is 288 g/mol. The van der Waals surface area contributed by atoms with E-state index in [-0.39, 0.29) is 5.56 Å². The van der Waals surface area contributed by atoms with Crippen LogP contribution in [0.1, 0.15) is 23.2 Å². The van der Waals surface area contributed by atoms with Gasteiger partial charge in [-0.05, 0) is 54.3 Å². The fraction of sp³-hybridized carbons (Fsp3) is 0.188. The first-order valence-electron chi connectivity index (χ1n) is 6.43. The van der Waals surface area contributed by atoms with Gasteiger partial charge in [-0.3, -0.25) is 0 Å². The quantitative estimate of drug-likeness (QED) is 0.915. The van der Waals surface area contributed by atoms with Gasteiger partial charge in [0.1, 0.15) is 5.75 Å². The predicted octanol–water partition coefficient (Wildman–Crippen LogP) is 4.25. The van der Waals surface area contributed by atoms with Gasteiger partial charge in [0.25, 0.3) is 0 Å². The Balaban J connectivity index is 1.94. The van der Waals surface area contributed by atoms with Crippen LogP contribution in [0.2, 0.25) is 5.02 Å². The van der Waals surface area contributed by atoms with Crippen molar-refractivity contribution in [1.82, 2.24) is 0 Å². The van der Waals surface area contributed by atoms with Crippen molar-refractivity contribution < 1.29 is 14.6 Å². The Kier molecular flexibility index (Phi) is 3.36. The molecule has 1 saturated carbocycles. The van der Waals surface area contributed by atoms with E-state index < -0.39 is 5.97 Å². The number of ether oxygens (including phenoxy) is 1. The summed E-state index contributed by atoms with van der Waals surface area (Å²) < 4.78 is 5.68. The van der Waals surface area contributed by atoms with Gasteiger partial charge in [0.2, 0.25) is 0 Å². The van der Waals surface area contributed by atoms with E-state index in [9.17, 15) is 9.90 Å². The second-order valence-corrected chi connectivity index (χ2v) is 5.27. The molecular weight excluding hydrogens is 276 g/mol. The van der Waals surface area contributed by atoms with Crippen LogP contribution in [0.4, 0.5) is 0 Å². The first-order chi connectivity index (χ1) is 9.63. The largest absolute Gasteiger partial charge is 0.490 e. The minimum absolute atomic E-state index is 0.241. The summed E-state index contributed by atoms with van der Waals surface area (Å²) in [6, 6.07) is 12.2. The molecule has 2 aromatic rings. The number of hydrogen-bond donors (Lipinski definition) is 1. The summed E-state index contributed by atoms with van der Waals surface area (Å²) in [6.07, 6.45) is 2.57. The van der Waals surface area contributed by atoms with Gasteiger partial charge in [0.15, 0.2) is 0 Å². The van der Waals surface area contributed by atoms with Gasteiger partial charge >= 0.3 is 5.97 Å². The second kappa shape index (κ2) is 5.17. The molecule has 3 rings (SSSR count). The number of rotatable bonds is 4. The van der Waals surface area contributed by atoms with E-state index in [0.717, 1.165) is 24.2 Å². The molecule has 0 unspecified atom stereocenters. The highest BCUT2D eigenvalue weighted by Gasteiger charge is 2.23. The number of hydrogen-bond acceptors (Lipinski definition) is 2. The number of carboxylic acid groups (broad SMARTS) is 1. The van der Waals surface area contributed by atoms with Gasteiger partial charge in [-0.15, -0.1) is 0 Å². The standard InChI is InChI=1S/C16H13ClO3/c17-11-3-8-14(16(18)19)15(9-11)10-1-4-12(5-2-10)20-13-6-7-13/h1-5,8-9,13H,6-7H2,(H,18,19). The van der Waals surface area contributed by atoms with Crippen molar-refractivity contribution in [3.63, 3.8) is 0 Å². The number of carboxylic acids is 1. The first kappa shape index (κ1) is 13.0. The Hall–Kier alpha value is -2.00. The lowest BCUT2D eigenvalue weighted by Crippen LogP contribution is -1.99. The predicted molar refractivity (Wildman–Crippen MR) is 77.5 cm³/mol. The number of carbonyl (C=O) groups is 1. The van der Waals surface area contributed by atoms with Gasteiger partial charge < -0.3 is 9.84 Å². The molecule has 0 aliphatic heterocycles. The van der Waals surface area contributed by atoms with Gasteiger partial charge in [-0.25, -0.2) is 4.79 Å². The summed E-state index contributed by atoms with van der Waals surface area (Å²) in [4.78, 5) is 11.3. The highest BCUT2D eigenvalue weighted by Crippen LogP contribution is 2.31. The average Bonchev–Trinajstić information content (AvgIpc) is 3.23. The van der Waals surface area contributed by atoms with E-state index in [1.54, 1.807) is 12.1 Å². The summed E-state index contributed by atoms with van der Waals surface area (Å²) in [7, 11) is 0. The lowest BCUT2D eigenvalue weighted by Gasteiger charge is -2.09. The molecule has 3 nitrogen and oxygen atoms in total. The van der Waals surface area contributed by atoms with Gasteiger partial charge in [0, 0.05) is 5.02 Å². The van der Waals surface area contributed by atoms with E-state index in [2.05, 4.69) is 0 Å². The summed E-state index contributed by atoms with van der Waals surface area (Å²) in [5.74, 6) is -0.148. The summed E-state index contributed by atoms with van der Waals surface area (Å²) >= 11 is 5.96. The number of benzene rings is 2. The van der Waals surface area contributed by atoms with Crippen LogP contribution in [-0.4, -0.2) is 17.2 Å². The van der Waals surface area contributed by atoms with E-state index >= 15 is 0 Å². The third kappa shape index (κ3) is 2.78. The molecule has 1 aliphatic carbocycles. The third-order valence-corrected chi connectivity index (χ3v) is 3.44. The van der Waals surface area contributed by atoms with Gasteiger partial charge in [-0.2, -0.15) is 0 Å². The normalized spacial score (nSPS) is 14.1. The van der Waals surface area contributed by atoms with Crippen molar-refractivity contribution in [3.05, 3.63) is 53.1 Å². The molecule has 2 aromatic carbocycles. The molecule has 0 amide bonds. The fourth-order valence-electron chi connectivity index (χ4n) is 2.03. The lowest BCUT2D eigenvalue weighted by molar-refractivity contribution is 0.0698. The summed E-state index contributed by atoms with van der Waals surface area (Å²) in [5, 5.41) is 9.75. The zero-order valence-electron chi connectivity index (χ0n) is 10.7. The van der Waals surface area contributed by atoms with Crippen LogP contribution in [0.25, 0.3) is 11.1 Å². The van der Waals surface area contributed by atoms with Crippen LogP contribution < -0.4 is 4.74 Å². The molecule has 20 heavy (non-hydrogen) atoms. The van der Waals surface area contributed by atoms with Crippen molar-refractivity contribution in [2.24, 2.45) is 0 Å². The van der Waals surface area contributed by atoms with Crippen LogP contribution >= 0.6 is 11.6 Å². The van der Waals surface area contributed by atoms with Crippen LogP contribution in [0, 0.1) is 0 Å². The minimum atomic E-state index is -0.963. The smallest absolute Gasteiger partial charge is 0.336 e. The van der Waals surface area contributed by atoms with Crippen molar-refractivity contribution in [2.75, 3.05) is 0 Å². The molecule has 0 bridgehead atoms. The molecule has 1 aliphatic rings. The molecule has 0 atom stereocenters. The third-order valence-electron chi connectivity index (χ3n) is 3.20. The zero-order valence-corrected chi connectivity index (χ0v) is 11.4. The molecule has 0 aromatic heterocycles. The van der Waals surface area contributed by atoms with E-state index in [1.807, 2.05) is 24.3 Å². The van der Waals surface area contributed by atoms with Crippen LogP contribution in [0.15, 0.2) is 42.5 Å². The van der Waals surface area contributed by atoms with Crippen LogP contribution in [0.3, 0.4) is 0 Å². The first-order valence-corrected chi connectivity index (χ1v) is 6.81. The molecule has 0 spiro atoms. The lowest BCUT2D eigenvalue weighted by atomic mass is 10.00. The topological polar surface area (TPSA) is 46.5 Å². The SMILES string of the molecule is O=C(O)c1ccc(Cl)cc1-c1ccc(OC2CC2)cc1. The summed E-state index contributed by atoms with van der Waals surface area (Å²) in [5.41, 5.74) is 1.67. The molecule has 0 radical (unpaired) electrons. The second-order valence-electron chi connectivity index (χ2n) is 4.84. The van der Waals surface area contributed by atoms with Crippen LogP contribution in [-0.2, 0) is 0 Å². The number of halogens is 1. The fourth-order valence-corrected chi connectivity index (χ4v) is 2.21. The number of aromatic carboxylic acids is 1. The molecule has 1 fully saturated rings. The summed E-state index contributed by atoms with van der Waals surface area (Å²) in [6.45, 7) is 0. The van der Waals surface area contributed by atoms with E-state index in [0.29, 0.717) is 16.7 Å². The van der Waals surface area contributed by atoms with Crippen molar-refractivity contribution in [1.29, 1.82) is 0 Å². The van der Waals surface area contributed by atoms with Crippen molar-refractivity contribution in [2.45, 2.75) is 18.9 Å². The zero-order chi connectivity index (χ0) is 14.1.